The van der Waals surface area contributed by atoms with Crippen molar-refractivity contribution in [2.24, 2.45) is 0 Å². The van der Waals surface area contributed by atoms with Gasteiger partial charge in [0, 0.05) is 22.7 Å². The molecular formula is C23H21N3O4. The van der Waals surface area contributed by atoms with Crippen LogP contribution in [0.15, 0.2) is 67.0 Å². The molecule has 0 spiro atoms. The largest absolute Gasteiger partial charge is 0.461 e. The summed E-state index contributed by atoms with van der Waals surface area (Å²) < 4.78 is 11.9. The third kappa shape index (κ3) is 4.41. The van der Waals surface area contributed by atoms with E-state index in [1.54, 1.807) is 30.1 Å². The number of benzene rings is 2. The normalized spacial score (nSPS) is 10.8. The number of hydrogen-bond acceptors (Lipinski definition) is 5. The quantitative estimate of drug-likeness (QED) is 0.472. The predicted octanol–water partition coefficient (Wildman–Crippen LogP) is 3.95. The first-order valence-corrected chi connectivity index (χ1v) is 9.64. The number of nitrogens with zero attached hydrogens (tertiary/aromatic N) is 2. The van der Waals surface area contributed by atoms with Gasteiger partial charge in [0.1, 0.15) is 18.8 Å². The Morgan fingerprint density at radius 1 is 1.03 bits per heavy atom. The highest BCUT2D eigenvalue weighted by Crippen LogP contribution is 2.25. The fourth-order valence-corrected chi connectivity index (χ4v) is 3.15. The lowest BCUT2D eigenvalue weighted by Crippen LogP contribution is -2.13. The van der Waals surface area contributed by atoms with Crippen LogP contribution in [0.1, 0.15) is 23.0 Å². The van der Waals surface area contributed by atoms with Crippen molar-refractivity contribution in [3.05, 3.63) is 78.2 Å². The van der Waals surface area contributed by atoms with Gasteiger partial charge in [-0.1, -0.05) is 36.4 Å². The Morgan fingerprint density at radius 2 is 1.87 bits per heavy atom. The second-order valence-corrected chi connectivity index (χ2v) is 6.78. The third-order valence-corrected chi connectivity index (χ3v) is 4.62. The highest BCUT2D eigenvalue weighted by Gasteiger charge is 2.12. The summed E-state index contributed by atoms with van der Waals surface area (Å²) in [6, 6.07) is 17.1. The fourth-order valence-electron chi connectivity index (χ4n) is 3.15. The maximum atomic E-state index is 12.1. The number of fused-ring (bicyclic) bond motifs is 1. The van der Waals surface area contributed by atoms with Gasteiger partial charge in [-0.2, -0.15) is 5.10 Å². The third-order valence-electron chi connectivity index (χ3n) is 4.62. The number of nitrogens with one attached hydrogen (secondary N) is 1. The van der Waals surface area contributed by atoms with Crippen LogP contribution in [0.2, 0.25) is 0 Å². The zero-order valence-electron chi connectivity index (χ0n) is 16.5. The van der Waals surface area contributed by atoms with Crippen molar-refractivity contribution in [1.82, 2.24) is 14.8 Å². The summed E-state index contributed by atoms with van der Waals surface area (Å²) in [4.78, 5) is 27.1. The van der Waals surface area contributed by atoms with Crippen molar-refractivity contribution in [3.63, 3.8) is 0 Å². The number of rotatable bonds is 7. The van der Waals surface area contributed by atoms with Crippen LogP contribution in [-0.4, -0.2) is 33.3 Å². The van der Waals surface area contributed by atoms with E-state index in [0.717, 1.165) is 27.6 Å². The minimum absolute atomic E-state index is 0.0340. The Hall–Kier alpha value is -3.87. The molecule has 2 aromatic heterocycles. The van der Waals surface area contributed by atoms with Crippen LogP contribution in [0.3, 0.4) is 0 Å². The van der Waals surface area contributed by atoms with E-state index in [1.807, 2.05) is 48.5 Å². The molecule has 0 saturated heterocycles. The number of carbonyl (C=O) groups excluding carboxylic acids is 2. The van der Waals surface area contributed by atoms with E-state index in [1.165, 1.54) is 0 Å². The smallest absolute Gasteiger partial charge is 0.354 e. The topological polar surface area (TPSA) is 86.2 Å². The van der Waals surface area contributed by atoms with Crippen LogP contribution in [0, 0.1) is 0 Å². The fraction of sp³-hybridized carbons (Fsp3) is 0.174. The number of aromatic amines is 1. The summed E-state index contributed by atoms with van der Waals surface area (Å²) in [5.41, 5.74) is 4.00. The molecule has 0 saturated carbocycles. The van der Waals surface area contributed by atoms with Gasteiger partial charge in [-0.3, -0.25) is 9.48 Å². The van der Waals surface area contributed by atoms with Crippen molar-refractivity contribution in [1.29, 1.82) is 0 Å². The molecule has 0 aliphatic carbocycles. The Balaban J connectivity index is 1.43. The molecule has 152 valence electrons. The number of hydrogen-bond donors (Lipinski definition) is 1. The minimum Gasteiger partial charge on any atom is -0.461 e. The first kappa shape index (κ1) is 19.4. The predicted molar refractivity (Wildman–Crippen MR) is 112 cm³/mol. The second-order valence-electron chi connectivity index (χ2n) is 6.78. The maximum Gasteiger partial charge on any atom is 0.354 e. The second kappa shape index (κ2) is 8.65. The van der Waals surface area contributed by atoms with Crippen molar-refractivity contribution in [2.75, 3.05) is 6.61 Å². The van der Waals surface area contributed by atoms with Crippen LogP contribution < -0.4 is 0 Å². The van der Waals surface area contributed by atoms with Crippen LogP contribution in [-0.2, 0) is 27.4 Å². The van der Waals surface area contributed by atoms with Gasteiger partial charge >= 0.3 is 11.9 Å². The van der Waals surface area contributed by atoms with Gasteiger partial charge in [0.25, 0.3) is 0 Å². The maximum absolute atomic E-state index is 12.1. The van der Waals surface area contributed by atoms with Crippen molar-refractivity contribution < 1.29 is 19.1 Å². The standard InChI is InChI=1S/C23H21N3O4/c1-2-29-23(28)21-11-18-10-17(8-9-20(18)25-21)19-12-24-26(13-19)14-22(27)30-15-16-6-4-3-5-7-16/h3-13,25H,2,14-15H2,1H3. The van der Waals surface area contributed by atoms with E-state index in [9.17, 15) is 9.59 Å². The Kier molecular flexibility index (Phi) is 5.61. The minimum atomic E-state index is -0.378. The summed E-state index contributed by atoms with van der Waals surface area (Å²) in [7, 11) is 0. The van der Waals surface area contributed by atoms with Gasteiger partial charge in [0.2, 0.25) is 0 Å². The Bertz CT molecular complexity index is 1180. The highest BCUT2D eigenvalue weighted by molar-refractivity contribution is 5.96. The molecule has 2 aromatic carbocycles. The van der Waals surface area contributed by atoms with E-state index in [2.05, 4.69) is 10.1 Å². The average molecular weight is 403 g/mol. The molecule has 0 fully saturated rings. The van der Waals surface area contributed by atoms with Crippen LogP contribution in [0.25, 0.3) is 22.0 Å². The molecule has 2 heterocycles. The van der Waals surface area contributed by atoms with Crippen molar-refractivity contribution in [2.45, 2.75) is 20.1 Å². The molecule has 0 aliphatic heterocycles. The van der Waals surface area contributed by atoms with Gasteiger partial charge < -0.3 is 14.5 Å². The van der Waals surface area contributed by atoms with Gasteiger partial charge in [-0.25, -0.2) is 4.79 Å². The van der Waals surface area contributed by atoms with Crippen LogP contribution >= 0.6 is 0 Å². The van der Waals surface area contributed by atoms with Gasteiger partial charge in [0.05, 0.1) is 12.8 Å². The van der Waals surface area contributed by atoms with E-state index >= 15 is 0 Å². The van der Waals surface area contributed by atoms with E-state index in [0.29, 0.717) is 12.3 Å². The zero-order chi connectivity index (χ0) is 20.9. The van der Waals surface area contributed by atoms with Gasteiger partial charge in [-0.15, -0.1) is 0 Å². The average Bonchev–Trinajstić information content (AvgIpc) is 3.39. The van der Waals surface area contributed by atoms with Crippen LogP contribution in [0.4, 0.5) is 0 Å². The molecule has 1 N–H and O–H groups in total. The molecule has 0 aliphatic rings. The molecule has 4 rings (SSSR count). The summed E-state index contributed by atoms with van der Waals surface area (Å²) in [5.74, 6) is -0.731. The van der Waals surface area contributed by atoms with Gasteiger partial charge in [-0.05, 0) is 36.2 Å². The molecular weight excluding hydrogens is 382 g/mol. The number of aromatic nitrogens is 3. The molecule has 7 heteroatoms. The molecule has 0 bridgehead atoms. The molecule has 0 amide bonds. The molecule has 4 aromatic rings. The molecule has 30 heavy (non-hydrogen) atoms. The first-order chi connectivity index (χ1) is 14.6. The highest BCUT2D eigenvalue weighted by atomic mass is 16.5. The monoisotopic (exact) mass is 403 g/mol. The van der Waals surface area contributed by atoms with Gasteiger partial charge in [0.15, 0.2) is 0 Å². The van der Waals surface area contributed by atoms with Crippen molar-refractivity contribution >= 4 is 22.8 Å². The Morgan fingerprint density at radius 3 is 2.67 bits per heavy atom. The van der Waals surface area contributed by atoms with E-state index < -0.39 is 0 Å². The number of H-pyrrole nitrogens is 1. The summed E-state index contributed by atoms with van der Waals surface area (Å²) in [6.45, 7) is 2.37. The lowest BCUT2D eigenvalue weighted by atomic mass is 10.1. The number of ether oxygens (including phenoxy) is 2. The Labute approximate surface area is 173 Å². The van der Waals surface area contributed by atoms with E-state index in [-0.39, 0.29) is 25.1 Å². The molecule has 7 nitrogen and oxygen atoms in total. The summed E-state index contributed by atoms with van der Waals surface area (Å²) in [5, 5.41) is 5.15. The zero-order valence-corrected chi connectivity index (χ0v) is 16.5. The summed E-state index contributed by atoms with van der Waals surface area (Å²) in [6.07, 6.45) is 3.49. The lowest BCUT2D eigenvalue weighted by molar-refractivity contribution is -0.145. The summed E-state index contributed by atoms with van der Waals surface area (Å²) >= 11 is 0. The van der Waals surface area contributed by atoms with Crippen molar-refractivity contribution in [3.8, 4) is 11.1 Å². The van der Waals surface area contributed by atoms with E-state index in [4.69, 9.17) is 9.47 Å². The number of esters is 2. The number of carbonyl (C=O) groups is 2. The SMILES string of the molecule is CCOC(=O)c1cc2cc(-c3cnn(CC(=O)OCc4ccccc4)c3)ccc2[nH]1. The molecule has 0 atom stereocenters. The van der Waals surface area contributed by atoms with Crippen LogP contribution in [0.5, 0.6) is 0 Å². The molecule has 0 radical (unpaired) electrons. The first-order valence-electron chi connectivity index (χ1n) is 9.64. The lowest BCUT2D eigenvalue weighted by Gasteiger charge is -2.05. The molecule has 0 unspecified atom stereocenters.